The Hall–Kier alpha value is 0.430. The molecule has 9 heavy (non-hydrogen) atoms. The minimum atomic E-state index is 0.546. The van der Waals surface area contributed by atoms with Crippen molar-refractivity contribution in [2.24, 2.45) is 5.41 Å². The summed E-state index contributed by atoms with van der Waals surface area (Å²) < 4.78 is 0. The zero-order chi connectivity index (χ0) is 7.49. The van der Waals surface area contributed by atoms with E-state index in [1.165, 1.54) is 12.8 Å². The molecule has 56 valence electrons. The van der Waals surface area contributed by atoms with E-state index in [1.54, 1.807) is 0 Å². The topological polar surface area (TPSA) is 0 Å². The number of hydrogen-bond donors (Lipinski definition) is 0. The van der Waals surface area contributed by atoms with Crippen LogP contribution in [0.2, 0.25) is 0 Å². The highest BCUT2D eigenvalue weighted by Crippen LogP contribution is 2.33. The van der Waals surface area contributed by atoms with E-state index in [0.29, 0.717) is 5.41 Å². The lowest BCUT2D eigenvalue weighted by Crippen LogP contribution is -2.23. The molecule has 0 bridgehead atoms. The van der Waals surface area contributed by atoms with Crippen molar-refractivity contribution in [1.29, 1.82) is 0 Å². The van der Waals surface area contributed by atoms with Gasteiger partial charge in [0.25, 0.3) is 0 Å². The summed E-state index contributed by atoms with van der Waals surface area (Å²) in [7, 11) is 2.89. The summed E-state index contributed by atoms with van der Waals surface area (Å²) in [4.78, 5) is 0. The summed E-state index contributed by atoms with van der Waals surface area (Å²) in [6.45, 7) is 9.16. The van der Waals surface area contributed by atoms with E-state index >= 15 is 0 Å². The number of rotatable bonds is 3. The Kier molecular flexibility index (Phi) is 3.73. The molecular formula is C8H19P. The highest BCUT2D eigenvalue weighted by molar-refractivity contribution is 7.17. The van der Waals surface area contributed by atoms with Crippen molar-refractivity contribution in [1.82, 2.24) is 0 Å². The zero-order valence-electron chi connectivity index (χ0n) is 7.07. The van der Waals surface area contributed by atoms with Gasteiger partial charge in [0.05, 0.1) is 0 Å². The van der Waals surface area contributed by atoms with Crippen LogP contribution in [0.15, 0.2) is 0 Å². The van der Waals surface area contributed by atoms with Crippen LogP contribution in [0.25, 0.3) is 0 Å². The normalized spacial score (nSPS) is 15.7. The molecule has 0 radical (unpaired) electrons. The Morgan fingerprint density at radius 2 is 1.67 bits per heavy atom. The smallest absolute Gasteiger partial charge is 0.0239 e. The lowest BCUT2D eigenvalue weighted by molar-refractivity contribution is 0.296. The van der Waals surface area contributed by atoms with Crippen LogP contribution in [-0.2, 0) is 0 Å². The number of hydrogen-bond acceptors (Lipinski definition) is 0. The van der Waals surface area contributed by atoms with Gasteiger partial charge in [-0.2, -0.15) is 0 Å². The van der Waals surface area contributed by atoms with Gasteiger partial charge in [0.15, 0.2) is 0 Å². The molecule has 0 aromatic carbocycles. The fourth-order valence-corrected chi connectivity index (χ4v) is 1.37. The molecule has 0 heterocycles. The monoisotopic (exact) mass is 146 g/mol. The maximum absolute atomic E-state index is 2.89. The molecule has 0 nitrogen and oxygen atoms in total. The molecule has 2 atom stereocenters. The first kappa shape index (κ1) is 9.43. The Balaban J connectivity index is 3.92. The van der Waals surface area contributed by atoms with Crippen molar-refractivity contribution in [3.63, 3.8) is 0 Å². The van der Waals surface area contributed by atoms with E-state index in [-0.39, 0.29) is 0 Å². The average Bonchev–Trinajstić information content (AvgIpc) is 1.86. The van der Waals surface area contributed by atoms with Crippen LogP contribution in [0, 0.1) is 5.41 Å². The maximum atomic E-state index is 2.89. The molecule has 0 aliphatic rings. The summed E-state index contributed by atoms with van der Waals surface area (Å²) in [6, 6.07) is 0. The Morgan fingerprint density at radius 1 is 1.33 bits per heavy atom. The SMILES string of the molecule is CCC(C)(CC)C(C)P. The van der Waals surface area contributed by atoms with Crippen LogP contribution in [-0.4, -0.2) is 5.66 Å². The molecule has 0 aromatic heterocycles. The maximum Gasteiger partial charge on any atom is -0.0239 e. The standard InChI is InChI=1S/C8H19P/c1-5-8(4,6-2)7(3)9/h7H,5-6,9H2,1-4H3. The van der Waals surface area contributed by atoms with E-state index in [9.17, 15) is 0 Å². The minimum Gasteiger partial charge on any atom is -0.134 e. The van der Waals surface area contributed by atoms with Crippen LogP contribution in [0.4, 0.5) is 0 Å². The largest absolute Gasteiger partial charge is 0.134 e. The first-order valence-corrected chi connectivity index (χ1v) is 4.49. The molecule has 0 aliphatic carbocycles. The second-order valence-corrected chi connectivity index (χ2v) is 4.15. The molecule has 1 heteroatoms. The lowest BCUT2D eigenvalue weighted by Gasteiger charge is -2.30. The van der Waals surface area contributed by atoms with Gasteiger partial charge in [-0.25, -0.2) is 0 Å². The van der Waals surface area contributed by atoms with Gasteiger partial charge >= 0.3 is 0 Å². The third kappa shape index (κ3) is 2.26. The van der Waals surface area contributed by atoms with Crippen molar-refractivity contribution in [2.75, 3.05) is 0 Å². The fraction of sp³-hybridized carbons (Fsp3) is 1.00. The molecular weight excluding hydrogens is 127 g/mol. The van der Waals surface area contributed by atoms with Crippen molar-refractivity contribution in [3.8, 4) is 0 Å². The Labute approximate surface area is 61.6 Å². The van der Waals surface area contributed by atoms with Gasteiger partial charge < -0.3 is 0 Å². The van der Waals surface area contributed by atoms with Crippen molar-refractivity contribution >= 4 is 9.24 Å². The van der Waals surface area contributed by atoms with Crippen molar-refractivity contribution in [2.45, 2.75) is 46.2 Å². The molecule has 0 aromatic rings. The second kappa shape index (κ2) is 3.56. The molecule has 0 saturated carbocycles. The Morgan fingerprint density at radius 3 is 1.67 bits per heavy atom. The van der Waals surface area contributed by atoms with Gasteiger partial charge in [0, 0.05) is 0 Å². The van der Waals surface area contributed by atoms with Crippen LogP contribution in [0.1, 0.15) is 40.5 Å². The lowest BCUT2D eigenvalue weighted by atomic mass is 9.82. The molecule has 0 aliphatic heterocycles. The summed E-state index contributed by atoms with van der Waals surface area (Å²) in [6.07, 6.45) is 2.57. The second-order valence-electron chi connectivity index (χ2n) is 3.15. The zero-order valence-corrected chi connectivity index (χ0v) is 8.22. The molecule has 0 spiro atoms. The van der Waals surface area contributed by atoms with Gasteiger partial charge in [0.1, 0.15) is 0 Å². The quantitative estimate of drug-likeness (QED) is 0.537. The van der Waals surface area contributed by atoms with E-state index < -0.39 is 0 Å². The highest BCUT2D eigenvalue weighted by Gasteiger charge is 2.23. The molecule has 0 fully saturated rings. The highest BCUT2D eigenvalue weighted by atomic mass is 31.0. The predicted molar refractivity (Wildman–Crippen MR) is 47.9 cm³/mol. The molecule has 0 amide bonds. The average molecular weight is 146 g/mol. The molecule has 0 N–H and O–H groups in total. The molecule has 0 rings (SSSR count). The van der Waals surface area contributed by atoms with Crippen LogP contribution in [0.3, 0.4) is 0 Å². The van der Waals surface area contributed by atoms with E-state index in [0.717, 1.165) is 5.66 Å². The Bertz CT molecular complexity index is 72.6. The molecule has 2 unspecified atom stereocenters. The van der Waals surface area contributed by atoms with Gasteiger partial charge in [-0.05, 0) is 11.1 Å². The van der Waals surface area contributed by atoms with E-state index in [2.05, 4.69) is 36.9 Å². The van der Waals surface area contributed by atoms with Gasteiger partial charge in [-0.1, -0.05) is 40.5 Å². The van der Waals surface area contributed by atoms with Crippen LogP contribution >= 0.6 is 9.24 Å². The summed E-state index contributed by atoms with van der Waals surface area (Å²) in [5.74, 6) is 0. The van der Waals surface area contributed by atoms with Gasteiger partial charge in [-0.15, -0.1) is 9.24 Å². The molecule has 0 saturated heterocycles. The van der Waals surface area contributed by atoms with Gasteiger partial charge in [-0.3, -0.25) is 0 Å². The van der Waals surface area contributed by atoms with E-state index in [4.69, 9.17) is 0 Å². The summed E-state index contributed by atoms with van der Waals surface area (Å²) in [5.41, 5.74) is 1.29. The summed E-state index contributed by atoms with van der Waals surface area (Å²) >= 11 is 0. The fourth-order valence-electron chi connectivity index (χ4n) is 0.894. The van der Waals surface area contributed by atoms with Crippen molar-refractivity contribution < 1.29 is 0 Å². The third-order valence-corrected chi connectivity index (χ3v) is 3.52. The first-order chi connectivity index (χ1) is 4.06. The minimum absolute atomic E-state index is 0.546. The van der Waals surface area contributed by atoms with Crippen LogP contribution in [0.5, 0.6) is 0 Å². The van der Waals surface area contributed by atoms with Gasteiger partial charge in [0.2, 0.25) is 0 Å². The van der Waals surface area contributed by atoms with E-state index in [1.807, 2.05) is 0 Å². The van der Waals surface area contributed by atoms with Crippen LogP contribution < -0.4 is 0 Å². The summed E-state index contributed by atoms with van der Waals surface area (Å²) in [5, 5.41) is 0. The third-order valence-electron chi connectivity index (χ3n) is 2.71. The van der Waals surface area contributed by atoms with Crippen molar-refractivity contribution in [3.05, 3.63) is 0 Å². The first-order valence-electron chi connectivity index (χ1n) is 3.82. The predicted octanol–water partition coefficient (Wildman–Crippen LogP) is 3.08.